The van der Waals surface area contributed by atoms with Crippen molar-refractivity contribution in [2.75, 3.05) is 0 Å². The molecule has 2 aromatic carbocycles. The Balaban J connectivity index is 1.98. The van der Waals surface area contributed by atoms with Gasteiger partial charge in [0.25, 0.3) is 0 Å². The molecule has 0 saturated heterocycles. The molecule has 94 valence electrons. The first-order valence-electron chi connectivity index (χ1n) is 6.51. The van der Waals surface area contributed by atoms with E-state index >= 15 is 0 Å². The molecule has 0 aliphatic carbocycles. The normalized spacial score (nSPS) is 12.4. The molecule has 0 saturated carbocycles. The van der Waals surface area contributed by atoms with Crippen molar-refractivity contribution in [1.29, 1.82) is 0 Å². The zero-order valence-corrected chi connectivity index (χ0v) is 11.4. The summed E-state index contributed by atoms with van der Waals surface area (Å²) in [6.45, 7) is 7.42. The Hall–Kier alpha value is -1.60. The molecule has 18 heavy (non-hydrogen) atoms. The van der Waals surface area contributed by atoms with Gasteiger partial charge in [0, 0.05) is 12.6 Å². The van der Waals surface area contributed by atoms with Crippen LogP contribution in [0.5, 0.6) is 0 Å². The Kier molecular flexibility index (Phi) is 4.16. The predicted molar refractivity (Wildman–Crippen MR) is 77.6 cm³/mol. The van der Waals surface area contributed by atoms with E-state index in [9.17, 15) is 0 Å². The minimum Gasteiger partial charge on any atom is -0.306 e. The topological polar surface area (TPSA) is 12.0 Å². The quantitative estimate of drug-likeness (QED) is 0.845. The van der Waals surface area contributed by atoms with Gasteiger partial charge in [-0.2, -0.15) is 0 Å². The van der Waals surface area contributed by atoms with Crippen LogP contribution in [0.2, 0.25) is 0 Å². The van der Waals surface area contributed by atoms with E-state index in [1.54, 1.807) is 0 Å². The highest BCUT2D eigenvalue weighted by molar-refractivity contribution is 5.28. The summed E-state index contributed by atoms with van der Waals surface area (Å²) < 4.78 is 0. The van der Waals surface area contributed by atoms with Crippen molar-refractivity contribution in [1.82, 2.24) is 5.32 Å². The molecule has 0 radical (unpaired) electrons. The fourth-order valence-corrected chi connectivity index (χ4v) is 2.16. The molecule has 1 heteroatoms. The first-order valence-corrected chi connectivity index (χ1v) is 6.51. The summed E-state index contributed by atoms with van der Waals surface area (Å²) in [6.07, 6.45) is 0. The minimum absolute atomic E-state index is 0.382. The summed E-state index contributed by atoms with van der Waals surface area (Å²) in [5.74, 6) is 0. The number of aryl methyl sites for hydroxylation is 2. The molecule has 0 spiro atoms. The molecular weight excluding hydrogens is 218 g/mol. The van der Waals surface area contributed by atoms with E-state index in [0.29, 0.717) is 6.04 Å². The van der Waals surface area contributed by atoms with Crippen LogP contribution in [0.25, 0.3) is 0 Å². The summed E-state index contributed by atoms with van der Waals surface area (Å²) in [4.78, 5) is 0. The number of benzene rings is 2. The van der Waals surface area contributed by atoms with Crippen LogP contribution in [0.3, 0.4) is 0 Å². The van der Waals surface area contributed by atoms with Crippen molar-refractivity contribution in [3.05, 3.63) is 70.8 Å². The van der Waals surface area contributed by atoms with Crippen LogP contribution in [-0.4, -0.2) is 0 Å². The fraction of sp³-hybridized carbons (Fsp3) is 0.294. The zero-order chi connectivity index (χ0) is 13.0. The maximum Gasteiger partial charge on any atom is 0.0297 e. The lowest BCUT2D eigenvalue weighted by Crippen LogP contribution is -2.18. The minimum atomic E-state index is 0.382. The van der Waals surface area contributed by atoms with Gasteiger partial charge < -0.3 is 5.32 Å². The van der Waals surface area contributed by atoms with Crippen LogP contribution in [0.4, 0.5) is 0 Å². The highest BCUT2D eigenvalue weighted by Crippen LogP contribution is 2.17. The third-order valence-corrected chi connectivity index (χ3v) is 3.39. The third kappa shape index (κ3) is 3.21. The Labute approximate surface area is 110 Å². The average molecular weight is 239 g/mol. The summed E-state index contributed by atoms with van der Waals surface area (Å²) >= 11 is 0. The summed E-state index contributed by atoms with van der Waals surface area (Å²) in [5.41, 5.74) is 5.37. The number of hydrogen-bond acceptors (Lipinski definition) is 1. The van der Waals surface area contributed by atoms with Gasteiger partial charge in [-0.1, -0.05) is 54.1 Å². The largest absolute Gasteiger partial charge is 0.306 e. The van der Waals surface area contributed by atoms with Gasteiger partial charge in [-0.25, -0.2) is 0 Å². The molecule has 2 rings (SSSR count). The van der Waals surface area contributed by atoms with Crippen LogP contribution in [0.1, 0.15) is 35.2 Å². The molecule has 0 heterocycles. The van der Waals surface area contributed by atoms with E-state index in [0.717, 1.165) is 6.54 Å². The number of nitrogens with one attached hydrogen (secondary N) is 1. The van der Waals surface area contributed by atoms with Crippen molar-refractivity contribution < 1.29 is 0 Å². The molecule has 0 aliphatic rings. The molecule has 0 bridgehead atoms. The van der Waals surface area contributed by atoms with E-state index in [-0.39, 0.29) is 0 Å². The second-order valence-electron chi connectivity index (χ2n) is 4.94. The van der Waals surface area contributed by atoms with Crippen molar-refractivity contribution in [3.63, 3.8) is 0 Å². The average Bonchev–Trinajstić information content (AvgIpc) is 2.38. The third-order valence-electron chi connectivity index (χ3n) is 3.39. The van der Waals surface area contributed by atoms with E-state index in [2.05, 4.69) is 74.6 Å². The molecule has 2 aromatic rings. The monoisotopic (exact) mass is 239 g/mol. The molecule has 0 fully saturated rings. The van der Waals surface area contributed by atoms with Crippen LogP contribution in [0.15, 0.2) is 48.5 Å². The van der Waals surface area contributed by atoms with Crippen LogP contribution in [-0.2, 0) is 6.54 Å². The van der Waals surface area contributed by atoms with Gasteiger partial charge in [0.15, 0.2) is 0 Å². The maximum atomic E-state index is 3.58. The van der Waals surface area contributed by atoms with E-state index in [1.807, 2.05) is 0 Å². The second kappa shape index (κ2) is 5.83. The van der Waals surface area contributed by atoms with E-state index in [1.165, 1.54) is 22.3 Å². The summed E-state index contributed by atoms with van der Waals surface area (Å²) in [5, 5.41) is 3.58. The summed E-state index contributed by atoms with van der Waals surface area (Å²) in [7, 11) is 0. The standard InChI is InChI=1S/C17H21N/c1-13-8-10-16(11-9-13)12-18-15(3)17-7-5-4-6-14(17)2/h4-11,15,18H,12H2,1-3H3/t15-/m0/s1. The lowest BCUT2D eigenvalue weighted by molar-refractivity contribution is 0.572. The molecule has 1 N–H and O–H groups in total. The van der Waals surface area contributed by atoms with Crippen molar-refractivity contribution in [2.45, 2.75) is 33.4 Å². The molecule has 0 amide bonds. The van der Waals surface area contributed by atoms with Gasteiger partial charge in [0.1, 0.15) is 0 Å². The lowest BCUT2D eigenvalue weighted by atomic mass is 10.0. The van der Waals surface area contributed by atoms with Crippen LogP contribution < -0.4 is 5.32 Å². The Morgan fingerprint density at radius 1 is 0.944 bits per heavy atom. The molecular formula is C17H21N. The lowest BCUT2D eigenvalue weighted by Gasteiger charge is -2.16. The molecule has 1 atom stereocenters. The van der Waals surface area contributed by atoms with Crippen LogP contribution in [0, 0.1) is 13.8 Å². The summed E-state index contributed by atoms with van der Waals surface area (Å²) in [6, 6.07) is 17.6. The molecule has 1 nitrogen and oxygen atoms in total. The highest BCUT2D eigenvalue weighted by atomic mass is 14.9. The van der Waals surface area contributed by atoms with Crippen LogP contribution >= 0.6 is 0 Å². The molecule has 0 aromatic heterocycles. The van der Waals surface area contributed by atoms with Crippen molar-refractivity contribution >= 4 is 0 Å². The van der Waals surface area contributed by atoms with E-state index < -0.39 is 0 Å². The van der Waals surface area contributed by atoms with Gasteiger partial charge in [-0.15, -0.1) is 0 Å². The van der Waals surface area contributed by atoms with Gasteiger partial charge in [0.05, 0.1) is 0 Å². The Morgan fingerprint density at radius 3 is 2.28 bits per heavy atom. The van der Waals surface area contributed by atoms with Gasteiger partial charge in [-0.05, 0) is 37.5 Å². The highest BCUT2D eigenvalue weighted by Gasteiger charge is 2.06. The Morgan fingerprint density at radius 2 is 1.61 bits per heavy atom. The molecule has 0 unspecified atom stereocenters. The Bertz CT molecular complexity index is 499. The predicted octanol–water partition coefficient (Wildman–Crippen LogP) is 4.15. The number of hydrogen-bond donors (Lipinski definition) is 1. The second-order valence-corrected chi connectivity index (χ2v) is 4.94. The molecule has 0 aliphatic heterocycles. The maximum absolute atomic E-state index is 3.58. The fourth-order valence-electron chi connectivity index (χ4n) is 2.16. The van der Waals surface area contributed by atoms with Gasteiger partial charge in [-0.3, -0.25) is 0 Å². The smallest absolute Gasteiger partial charge is 0.0297 e. The number of rotatable bonds is 4. The SMILES string of the molecule is Cc1ccc(CN[C@@H](C)c2ccccc2C)cc1. The first kappa shape index (κ1) is 12.8. The van der Waals surface area contributed by atoms with E-state index in [4.69, 9.17) is 0 Å². The first-order chi connectivity index (χ1) is 8.66. The van der Waals surface area contributed by atoms with Crippen molar-refractivity contribution in [3.8, 4) is 0 Å². The van der Waals surface area contributed by atoms with Gasteiger partial charge in [0.2, 0.25) is 0 Å². The van der Waals surface area contributed by atoms with Crippen molar-refractivity contribution in [2.24, 2.45) is 0 Å². The van der Waals surface area contributed by atoms with Gasteiger partial charge >= 0.3 is 0 Å². The zero-order valence-electron chi connectivity index (χ0n) is 11.4.